The summed E-state index contributed by atoms with van der Waals surface area (Å²) in [6.45, 7) is 5.93. The van der Waals surface area contributed by atoms with Crippen LogP contribution in [0.25, 0.3) is 11.4 Å². The Kier molecular flexibility index (Phi) is 5.90. The first kappa shape index (κ1) is 21.9. The molecule has 0 spiro atoms. The molecule has 1 saturated heterocycles. The van der Waals surface area contributed by atoms with Gasteiger partial charge in [0.25, 0.3) is 5.91 Å². The number of hydrogen-bond donors (Lipinski definition) is 0. The molecular formula is C23H23F3N4O2. The fraction of sp³-hybridized carbons (Fsp3) is 0.348. The smallest absolute Gasteiger partial charge is 0.416 e. The van der Waals surface area contributed by atoms with Crippen LogP contribution >= 0.6 is 0 Å². The molecule has 0 bridgehead atoms. The van der Waals surface area contributed by atoms with Crippen LogP contribution in [0.5, 0.6) is 0 Å². The number of amides is 1. The lowest BCUT2D eigenvalue weighted by molar-refractivity contribution is -0.137. The van der Waals surface area contributed by atoms with Gasteiger partial charge in [-0.2, -0.15) is 13.2 Å². The number of benzene rings is 1. The Labute approximate surface area is 183 Å². The van der Waals surface area contributed by atoms with E-state index in [0.717, 1.165) is 23.4 Å². The molecule has 0 N–H and O–H groups in total. The molecule has 3 heterocycles. The van der Waals surface area contributed by atoms with Crippen molar-refractivity contribution in [2.45, 2.75) is 26.4 Å². The number of carbonyl (C=O) groups excluding carboxylic acids is 1. The summed E-state index contributed by atoms with van der Waals surface area (Å²) >= 11 is 0. The normalized spacial score (nSPS) is 14.7. The van der Waals surface area contributed by atoms with Gasteiger partial charge in [0.05, 0.1) is 11.8 Å². The first-order chi connectivity index (χ1) is 15.3. The summed E-state index contributed by atoms with van der Waals surface area (Å²) in [6, 6.07) is 8.37. The molecule has 0 unspecified atom stereocenters. The van der Waals surface area contributed by atoms with Gasteiger partial charge >= 0.3 is 6.18 Å². The maximum atomic E-state index is 13.2. The summed E-state index contributed by atoms with van der Waals surface area (Å²) in [5.74, 6) is 1.11. The molecule has 1 amide bonds. The summed E-state index contributed by atoms with van der Waals surface area (Å²) in [5.41, 5.74) is 1.27. The van der Waals surface area contributed by atoms with Crippen molar-refractivity contribution in [3.05, 3.63) is 65.2 Å². The standard InChI is InChI=1S/C23H23F3N4O2/c1-3-18-15(2)27-20(16-6-4-7-17(14-16)23(24,25)26)28-21(18)29-9-11-30(12-10-29)22(31)19-8-5-13-32-19/h4-8,13-14H,3,9-12H2,1-2H3. The summed E-state index contributed by atoms with van der Waals surface area (Å²) in [7, 11) is 0. The van der Waals surface area contributed by atoms with E-state index in [4.69, 9.17) is 4.42 Å². The highest BCUT2D eigenvalue weighted by Gasteiger charge is 2.31. The number of carbonyl (C=O) groups is 1. The van der Waals surface area contributed by atoms with Gasteiger partial charge in [-0.25, -0.2) is 9.97 Å². The van der Waals surface area contributed by atoms with E-state index in [1.54, 1.807) is 23.1 Å². The van der Waals surface area contributed by atoms with Crippen LogP contribution in [0.3, 0.4) is 0 Å². The second kappa shape index (κ2) is 8.64. The van der Waals surface area contributed by atoms with Crippen molar-refractivity contribution < 1.29 is 22.4 Å². The van der Waals surface area contributed by atoms with Gasteiger partial charge in [-0.05, 0) is 37.6 Å². The maximum Gasteiger partial charge on any atom is 0.416 e. The highest BCUT2D eigenvalue weighted by Crippen LogP contribution is 2.33. The number of anilines is 1. The molecule has 0 atom stereocenters. The second-order valence-corrected chi connectivity index (χ2v) is 7.62. The minimum atomic E-state index is -4.44. The van der Waals surface area contributed by atoms with Gasteiger partial charge in [-0.1, -0.05) is 19.1 Å². The van der Waals surface area contributed by atoms with Crippen molar-refractivity contribution in [1.29, 1.82) is 0 Å². The zero-order valence-electron chi connectivity index (χ0n) is 17.8. The molecule has 1 aliphatic rings. The Morgan fingerprint density at radius 3 is 2.47 bits per heavy atom. The highest BCUT2D eigenvalue weighted by molar-refractivity contribution is 5.91. The van der Waals surface area contributed by atoms with Gasteiger partial charge in [0, 0.05) is 43.0 Å². The number of furan rings is 1. The average molecular weight is 444 g/mol. The van der Waals surface area contributed by atoms with E-state index in [0.29, 0.717) is 49.7 Å². The van der Waals surface area contributed by atoms with Crippen LogP contribution in [0.15, 0.2) is 47.1 Å². The number of aromatic nitrogens is 2. The Balaban J connectivity index is 1.61. The van der Waals surface area contributed by atoms with Crippen molar-refractivity contribution in [1.82, 2.24) is 14.9 Å². The third-order valence-corrected chi connectivity index (χ3v) is 5.59. The SMILES string of the molecule is CCc1c(C)nc(-c2cccc(C(F)(F)F)c2)nc1N1CCN(C(=O)c2ccco2)CC1. The van der Waals surface area contributed by atoms with Gasteiger partial charge in [0.1, 0.15) is 5.82 Å². The number of hydrogen-bond acceptors (Lipinski definition) is 5. The van der Waals surface area contributed by atoms with Crippen molar-refractivity contribution in [3.8, 4) is 11.4 Å². The summed E-state index contributed by atoms with van der Waals surface area (Å²) < 4.78 is 44.7. The third kappa shape index (κ3) is 4.32. The first-order valence-electron chi connectivity index (χ1n) is 10.4. The Morgan fingerprint density at radius 1 is 1.09 bits per heavy atom. The molecule has 32 heavy (non-hydrogen) atoms. The van der Waals surface area contributed by atoms with Crippen molar-refractivity contribution in [3.63, 3.8) is 0 Å². The van der Waals surface area contributed by atoms with E-state index in [9.17, 15) is 18.0 Å². The molecule has 168 valence electrons. The lowest BCUT2D eigenvalue weighted by Crippen LogP contribution is -2.49. The van der Waals surface area contributed by atoms with E-state index < -0.39 is 11.7 Å². The fourth-order valence-corrected chi connectivity index (χ4v) is 3.90. The fourth-order valence-electron chi connectivity index (χ4n) is 3.90. The number of rotatable bonds is 4. The van der Waals surface area contributed by atoms with E-state index in [1.165, 1.54) is 12.3 Å². The van der Waals surface area contributed by atoms with E-state index in [2.05, 4.69) is 14.9 Å². The molecule has 0 aliphatic carbocycles. The molecule has 1 aliphatic heterocycles. The van der Waals surface area contributed by atoms with Crippen LogP contribution in [0.1, 0.15) is 34.3 Å². The average Bonchev–Trinajstić information content (AvgIpc) is 3.33. The molecule has 2 aromatic heterocycles. The third-order valence-electron chi connectivity index (χ3n) is 5.59. The van der Waals surface area contributed by atoms with Crippen LogP contribution < -0.4 is 4.90 Å². The quantitative estimate of drug-likeness (QED) is 0.589. The van der Waals surface area contributed by atoms with Gasteiger partial charge in [0.2, 0.25) is 0 Å². The monoisotopic (exact) mass is 444 g/mol. The summed E-state index contributed by atoms with van der Waals surface area (Å²) in [4.78, 5) is 25.5. The predicted molar refractivity (Wildman–Crippen MR) is 113 cm³/mol. The maximum absolute atomic E-state index is 13.2. The Hall–Kier alpha value is -3.36. The zero-order valence-corrected chi connectivity index (χ0v) is 17.8. The number of piperazine rings is 1. The van der Waals surface area contributed by atoms with E-state index >= 15 is 0 Å². The van der Waals surface area contributed by atoms with Crippen LogP contribution in [0.2, 0.25) is 0 Å². The van der Waals surface area contributed by atoms with Crippen LogP contribution in [-0.4, -0.2) is 47.0 Å². The number of alkyl halides is 3. The van der Waals surface area contributed by atoms with Crippen LogP contribution in [0, 0.1) is 6.92 Å². The Bertz CT molecular complexity index is 1100. The van der Waals surface area contributed by atoms with Crippen LogP contribution in [-0.2, 0) is 12.6 Å². The predicted octanol–water partition coefficient (Wildman–Crippen LogP) is 4.59. The van der Waals surface area contributed by atoms with Gasteiger partial charge in [-0.3, -0.25) is 4.79 Å². The molecular weight excluding hydrogens is 421 g/mol. The van der Waals surface area contributed by atoms with Gasteiger partial charge in [-0.15, -0.1) is 0 Å². The first-order valence-corrected chi connectivity index (χ1v) is 10.4. The molecule has 6 nitrogen and oxygen atoms in total. The number of nitrogens with zero attached hydrogens (tertiary/aromatic N) is 4. The zero-order chi connectivity index (χ0) is 22.9. The van der Waals surface area contributed by atoms with Gasteiger partial charge in [0.15, 0.2) is 11.6 Å². The summed E-state index contributed by atoms with van der Waals surface area (Å²) in [6.07, 6.45) is -2.28. The van der Waals surface area contributed by atoms with Gasteiger partial charge < -0.3 is 14.2 Å². The molecule has 0 radical (unpaired) electrons. The van der Waals surface area contributed by atoms with E-state index in [1.807, 2.05) is 13.8 Å². The van der Waals surface area contributed by atoms with Crippen molar-refractivity contribution >= 4 is 11.7 Å². The van der Waals surface area contributed by atoms with Crippen molar-refractivity contribution in [2.75, 3.05) is 31.1 Å². The molecule has 1 fully saturated rings. The molecule has 4 rings (SSSR count). The lowest BCUT2D eigenvalue weighted by atomic mass is 10.1. The van der Waals surface area contributed by atoms with Crippen LogP contribution in [0.4, 0.5) is 19.0 Å². The molecule has 3 aromatic rings. The minimum absolute atomic E-state index is 0.158. The number of aryl methyl sites for hydroxylation is 1. The van der Waals surface area contributed by atoms with E-state index in [-0.39, 0.29) is 11.7 Å². The topological polar surface area (TPSA) is 62.5 Å². The highest BCUT2D eigenvalue weighted by atomic mass is 19.4. The largest absolute Gasteiger partial charge is 0.459 e. The minimum Gasteiger partial charge on any atom is -0.459 e. The van der Waals surface area contributed by atoms with Crippen molar-refractivity contribution in [2.24, 2.45) is 0 Å². The summed E-state index contributed by atoms with van der Waals surface area (Å²) in [5, 5.41) is 0. The lowest BCUT2D eigenvalue weighted by Gasteiger charge is -2.36. The number of halogens is 3. The molecule has 1 aromatic carbocycles. The second-order valence-electron chi connectivity index (χ2n) is 7.62. The molecule has 9 heteroatoms. The Morgan fingerprint density at radius 2 is 1.84 bits per heavy atom. The molecule has 0 saturated carbocycles.